The highest BCUT2D eigenvalue weighted by atomic mass is 16.3. The second-order valence-corrected chi connectivity index (χ2v) is 8.80. The maximum absolute atomic E-state index is 13.1. The van der Waals surface area contributed by atoms with Gasteiger partial charge in [0.2, 0.25) is 5.88 Å². The number of hydrogen-bond donors (Lipinski definition) is 3. The Balaban J connectivity index is 1.65. The number of nitrogen functional groups attached to an aromatic ring is 1. The van der Waals surface area contributed by atoms with Gasteiger partial charge in [0.1, 0.15) is 11.1 Å². The number of rotatable bonds is 4. The summed E-state index contributed by atoms with van der Waals surface area (Å²) in [6.45, 7) is 6.37. The van der Waals surface area contributed by atoms with Gasteiger partial charge in [0, 0.05) is 18.4 Å². The third kappa shape index (κ3) is 3.89. The van der Waals surface area contributed by atoms with Crippen LogP contribution in [0, 0.1) is 5.92 Å². The van der Waals surface area contributed by atoms with Crippen molar-refractivity contribution in [2.75, 3.05) is 11.1 Å². The first-order chi connectivity index (χ1) is 14.3. The van der Waals surface area contributed by atoms with Crippen molar-refractivity contribution in [3.63, 3.8) is 0 Å². The Morgan fingerprint density at radius 2 is 2.07 bits per heavy atom. The zero-order valence-corrected chi connectivity index (χ0v) is 17.7. The maximum atomic E-state index is 13.1. The molecule has 1 saturated carbocycles. The molecule has 3 aromatic heterocycles. The van der Waals surface area contributed by atoms with Crippen LogP contribution >= 0.6 is 0 Å². The Kier molecular flexibility index (Phi) is 5.47. The second-order valence-electron chi connectivity index (χ2n) is 8.80. The minimum atomic E-state index is -0.349. The second kappa shape index (κ2) is 8.07. The molecule has 1 fully saturated rings. The fourth-order valence-corrected chi connectivity index (χ4v) is 4.51. The molecule has 3 atom stereocenters. The Labute approximate surface area is 176 Å². The number of carbonyl (C=O) groups is 1. The molecule has 1 aliphatic carbocycles. The third-order valence-electron chi connectivity index (χ3n) is 5.99. The van der Waals surface area contributed by atoms with Crippen LogP contribution in [0.1, 0.15) is 73.4 Å². The largest absolute Gasteiger partial charge is 0.438 e. The molecule has 0 saturated heterocycles. The van der Waals surface area contributed by atoms with Crippen molar-refractivity contribution < 1.29 is 9.21 Å². The molecular formula is C23H29N5O2. The molecule has 0 spiro atoms. The first-order valence-corrected chi connectivity index (χ1v) is 10.5. The van der Waals surface area contributed by atoms with Crippen LogP contribution in [0.4, 0.5) is 11.6 Å². The van der Waals surface area contributed by atoms with E-state index in [1.807, 2.05) is 12.1 Å². The highest BCUT2D eigenvalue weighted by molar-refractivity contribution is 6.14. The van der Waals surface area contributed by atoms with Gasteiger partial charge in [-0.15, -0.1) is 0 Å². The van der Waals surface area contributed by atoms with Crippen molar-refractivity contribution in [3.05, 3.63) is 47.4 Å². The molecule has 1 unspecified atom stereocenters. The number of fused-ring (bicyclic) bond motifs is 1. The lowest BCUT2D eigenvalue weighted by molar-refractivity contribution is 0.102. The SMILES string of the molecule is CC(C)c1cnc2c(C(=O)Nc3cnccc3C3C[C@H](C)C[C@H](N)C3)c(N)oc2c1. The quantitative estimate of drug-likeness (QED) is 0.589. The van der Waals surface area contributed by atoms with Gasteiger partial charge >= 0.3 is 0 Å². The minimum absolute atomic E-state index is 0.0645. The summed E-state index contributed by atoms with van der Waals surface area (Å²) in [5.41, 5.74) is 16.3. The number of aromatic nitrogens is 2. The smallest absolute Gasteiger partial charge is 0.263 e. The van der Waals surface area contributed by atoms with Gasteiger partial charge in [0.05, 0.1) is 11.9 Å². The molecule has 3 aromatic rings. The average Bonchev–Trinajstić information content (AvgIpc) is 3.02. The third-order valence-corrected chi connectivity index (χ3v) is 5.99. The molecule has 7 heteroatoms. The number of nitrogens with one attached hydrogen (secondary N) is 1. The summed E-state index contributed by atoms with van der Waals surface area (Å²) in [4.78, 5) is 21.8. The van der Waals surface area contributed by atoms with Crippen LogP contribution in [0.2, 0.25) is 0 Å². The van der Waals surface area contributed by atoms with Crippen molar-refractivity contribution in [3.8, 4) is 0 Å². The number of furan rings is 1. The Hall–Kier alpha value is -2.93. The van der Waals surface area contributed by atoms with Crippen molar-refractivity contribution in [1.82, 2.24) is 9.97 Å². The summed E-state index contributed by atoms with van der Waals surface area (Å²) in [6, 6.07) is 4.03. The van der Waals surface area contributed by atoms with Gasteiger partial charge in [-0.25, -0.2) is 0 Å². The fraction of sp³-hybridized carbons (Fsp3) is 0.435. The van der Waals surface area contributed by atoms with E-state index in [1.165, 1.54) is 0 Å². The molecule has 3 heterocycles. The summed E-state index contributed by atoms with van der Waals surface area (Å²) in [6.07, 6.45) is 8.17. The molecule has 30 heavy (non-hydrogen) atoms. The van der Waals surface area contributed by atoms with Crippen LogP contribution in [0.3, 0.4) is 0 Å². The first kappa shape index (κ1) is 20.3. The van der Waals surface area contributed by atoms with Crippen LogP contribution in [-0.4, -0.2) is 21.9 Å². The molecule has 0 bridgehead atoms. The summed E-state index contributed by atoms with van der Waals surface area (Å²) in [5.74, 6) is 0.844. The molecule has 0 aliphatic heterocycles. The summed E-state index contributed by atoms with van der Waals surface area (Å²) < 4.78 is 5.65. The van der Waals surface area contributed by atoms with E-state index in [0.717, 1.165) is 30.4 Å². The minimum Gasteiger partial charge on any atom is -0.438 e. The molecule has 158 valence electrons. The standard InChI is InChI=1S/C23H29N5O2/c1-12(2)15-9-19-21(27-10-15)20(22(25)30-19)23(29)28-18-11-26-5-4-17(18)14-6-13(3)7-16(24)8-14/h4-5,9-14,16H,6-8,24-25H2,1-3H3,(H,28,29)/t13-,14?,16-/m0/s1. The lowest BCUT2D eigenvalue weighted by Crippen LogP contribution is -2.31. The number of pyridine rings is 2. The lowest BCUT2D eigenvalue weighted by atomic mass is 9.76. The predicted octanol–water partition coefficient (Wildman–Crippen LogP) is 4.41. The van der Waals surface area contributed by atoms with Crippen LogP contribution in [0.15, 0.2) is 35.1 Å². The van der Waals surface area contributed by atoms with Gasteiger partial charge in [0.25, 0.3) is 5.91 Å². The van der Waals surface area contributed by atoms with Crippen LogP contribution in [0.5, 0.6) is 0 Å². The molecule has 4 rings (SSSR count). The number of anilines is 2. The number of nitrogens with zero attached hydrogens (tertiary/aromatic N) is 2. The topological polar surface area (TPSA) is 120 Å². The maximum Gasteiger partial charge on any atom is 0.263 e. The Morgan fingerprint density at radius 3 is 2.80 bits per heavy atom. The van der Waals surface area contributed by atoms with Gasteiger partial charge < -0.3 is 21.2 Å². The molecule has 1 aliphatic rings. The summed E-state index contributed by atoms with van der Waals surface area (Å²) in [7, 11) is 0. The summed E-state index contributed by atoms with van der Waals surface area (Å²) in [5, 5.41) is 2.99. The van der Waals surface area contributed by atoms with Crippen LogP contribution < -0.4 is 16.8 Å². The van der Waals surface area contributed by atoms with Crippen LogP contribution in [-0.2, 0) is 0 Å². The van der Waals surface area contributed by atoms with Gasteiger partial charge in [-0.2, -0.15) is 0 Å². The molecule has 7 nitrogen and oxygen atoms in total. The molecule has 0 radical (unpaired) electrons. The monoisotopic (exact) mass is 407 g/mol. The Bertz CT molecular complexity index is 1060. The highest BCUT2D eigenvalue weighted by Gasteiger charge is 2.28. The highest BCUT2D eigenvalue weighted by Crippen LogP contribution is 2.38. The average molecular weight is 408 g/mol. The van der Waals surface area contributed by atoms with Crippen molar-refractivity contribution >= 4 is 28.6 Å². The van der Waals surface area contributed by atoms with Crippen molar-refractivity contribution in [2.24, 2.45) is 11.7 Å². The number of amides is 1. The van der Waals surface area contributed by atoms with Crippen molar-refractivity contribution in [1.29, 1.82) is 0 Å². The number of carbonyl (C=O) groups excluding carboxylic acids is 1. The van der Waals surface area contributed by atoms with Gasteiger partial charge in [0.15, 0.2) is 5.58 Å². The summed E-state index contributed by atoms with van der Waals surface area (Å²) >= 11 is 0. The van der Waals surface area contributed by atoms with E-state index in [1.54, 1.807) is 18.6 Å². The van der Waals surface area contributed by atoms with E-state index in [-0.39, 0.29) is 29.3 Å². The fourth-order valence-electron chi connectivity index (χ4n) is 4.51. The van der Waals surface area contributed by atoms with E-state index in [9.17, 15) is 4.79 Å². The first-order valence-electron chi connectivity index (χ1n) is 10.5. The number of nitrogens with two attached hydrogens (primary N) is 2. The van der Waals surface area contributed by atoms with Gasteiger partial charge in [-0.05, 0) is 60.3 Å². The van der Waals surface area contributed by atoms with Gasteiger partial charge in [-0.3, -0.25) is 14.8 Å². The van der Waals surface area contributed by atoms with E-state index in [2.05, 4.69) is 36.1 Å². The zero-order valence-electron chi connectivity index (χ0n) is 17.7. The normalized spacial score (nSPS) is 21.8. The molecular weight excluding hydrogens is 378 g/mol. The van der Waals surface area contributed by atoms with E-state index >= 15 is 0 Å². The molecule has 5 N–H and O–H groups in total. The zero-order chi connectivity index (χ0) is 21.4. The predicted molar refractivity (Wildman–Crippen MR) is 118 cm³/mol. The van der Waals surface area contributed by atoms with Gasteiger partial charge in [-0.1, -0.05) is 20.8 Å². The van der Waals surface area contributed by atoms with E-state index in [0.29, 0.717) is 28.6 Å². The van der Waals surface area contributed by atoms with E-state index < -0.39 is 0 Å². The molecule has 0 aromatic carbocycles. The van der Waals surface area contributed by atoms with Crippen LogP contribution in [0.25, 0.3) is 11.1 Å². The lowest BCUT2D eigenvalue weighted by Gasteiger charge is -2.32. The van der Waals surface area contributed by atoms with E-state index in [4.69, 9.17) is 15.9 Å². The molecule has 1 amide bonds. The Morgan fingerprint density at radius 1 is 1.27 bits per heavy atom. The van der Waals surface area contributed by atoms with Crippen molar-refractivity contribution in [2.45, 2.75) is 57.9 Å². The number of hydrogen-bond acceptors (Lipinski definition) is 6.